The van der Waals surface area contributed by atoms with Gasteiger partial charge in [0.15, 0.2) is 0 Å². The molecule has 0 radical (unpaired) electrons. The van der Waals surface area contributed by atoms with Crippen LogP contribution in [0, 0.1) is 10.1 Å². The molecule has 194 valence electrons. The number of nitrogens with one attached hydrogen (secondary N) is 1. The van der Waals surface area contributed by atoms with E-state index >= 15 is 0 Å². The van der Waals surface area contributed by atoms with Gasteiger partial charge in [-0.25, -0.2) is 4.98 Å². The van der Waals surface area contributed by atoms with Gasteiger partial charge < -0.3 is 15.0 Å². The number of alkyl halides is 3. The third kappa shape index (κ3) is 5.07. The fraction of sp³-hybridized carbons (Fsp3) is 0.308. The Balaban J connectivity index is 1.62. The molecule has 1 N–H and O–H groups in total. The molecular weight excluding hydrogens is 489 g/mol. The highest BCUT2D eigenvalue weighted by atomic mass is 19.4. The lowest BCUT2D eigenvalue weighted by Gasteiger charge is -2.31. The molecule has 1 amide bonds. The lowest BCUT2D eigenvalue weighted by molar-refractivity contribution is -0.385. The molecule has 0 bridgehead atoms. The van der Waals surface area contributed by atoms with Crippen LogP contribution in [-0.2, 0) is 10.2 Å². The van der Waals surface area contributed by atoms with E-state index in [1.807, 2.05) is 24.3 Å². The smallest absolute Gasteiger partial charge is 0.405 e. The molecule has 1 aliphatic carbocycles. The van der Waals surface area contributed by atoms with Gasteiger partial charge in [-0.3, -0.25) is 14.9 Å². The number of halogens is 3. The summed E-state index contributed by atoms with van der Waals surface area (Å²) in [7, 11) is 3.39. The van der Waals surface area contributed by atoms with Gasteiger partial charge >= 0.3 is 6.18 Å². The first-order valence-electron chi connectivity index (χ1n) is 11.5. The van der Waals surface area contributed by atoms with Crippen molar-refractivity contribution in [1.29, 1.82) is 0 Å². The molecule has 37 heavy (non-hydrogen) atoms. The molecule has 3 aromatic rings. The zero-order valence-corrected chi connectivity index (χ0v) is 20.2. The Morgan fingerprint density at radius 2 is 1.70 bits per heavy atom. The zero-order valence-electron chi connectivity index (χ0n) is 20.2. The van der Waals surface area contributed by atoms with Gasteiger partial charge in [-0.05, 0) is 35.1 Å². The molecule has 0 atom stereocenters. The monoisotopic (exact) mass is 514 g/mol. The molecule has 2 aromatic carbocycles. The topological polar surface area (TPSA) is 97.6 Å². The largest absolute Gasteiger partial charge is 0.476 e. The Morgan fingerprint density at radius 1 is 1.11 bits per heavy atom. The Bertz CT molecular complexity index is 1280. The predicted molar refractivity (Wildman–Crippen MR) is 132 cm³/mol. The Morgan fingerprint density at radius 3 is 2.24 bits per heavy atom. The van der Waals surface area contributed by atoms with Crippen LogP contribution in [0.2, 0.25) is 0 Å². The Labute approximate surface area is 211 Å². The number of carbonyl (C=O) groups excluding carboxylic acids is 1. The number of hydrogen-bond donors (Lipinski definition) is 1. The maximum atomic E-state index is 13.5. The minimum absolute atomic E-state index is 0.0876. The fourth-order valence-corrected chi connectivity index (χ4v) is 4.75. The number of anilines is 1. The summed E-state index contributed by atoms with van der Waals surface area (Å²) in [5, 5.41) is 13.2. The SMILES string of the molecule is CN(C)c1cc([N+](=O)[O-])cnc1OCCCC1(C(=O)NCC(F)(F)F)c2ccccc2-c2ccccc21. The van der Waals surface area contributed by atoms with Crippen LogP contribution in [0.15, 0.2) is 60.8 Å². The fourth-order valence-electron chi connectivity index (χ4n) is 4.75. The van der Waals surface area contributed by atoms with Gasteiger partial charge in [0.25, 0.3) is 5.69 Å². The summed E-state index contributed by atoms with van der Waals surface area (Å²) < 4.78 is 44.8. The van der Waals surface area contributed by atoms with Gasteiger partial charge in [0.2, 0.25) is 11.8 Å². The first-order valence-corrected chi connectivity index (χ1v) is 11.5. The summed E-state index contributed by atoms with van der Waals surface area (Å²) in [6, 6.07) is 15.8. The van der Waals surface area contributed by atoms with Gasteiger partial charge in [0, 0.05) is 20.2 Å². The normalized spacial score (nSPS) is 13.4. The zero-order chi connectivity index (χ0) is 26.8. The molecule has 0 aliphatic heterocycles. The average molecular weight is 515 g/mol. The number of ether oxygens (including phenoxy) is 1. The van der Waals surface area contributed by atoms with Gasteiger partial charge in [-0.2, -0.15) is 13.2 Å². The number of fused-ring (bicyclic) bond motifs is 3. The van der Waals surface area contributed by atoms with Gasteiger partial charge in [0.1, 0.15) is 23.8 Å². The Kier molecular flexibility index (Phi) is 7.06. The summed E-state index contributed by atoms with van der Waals surface area (Å²) in [6.07, 6.45) is -2.98. The molecule has 0 saturated carbocycles. The molecule has 0 unspecified atom stereocenters. The molecule has 0 fully saturated rings. The maximum absolute atomic E-state index is 13.5. The lowest BCUT2D eigenvalue weighted by Crippen LogP contribution is -2.47. The van der Waals surface area contributed by atoms with Crippen molar-refractivity contribution in [3.8, 4) is 17.0 Å². The number of benzene rings is 2. The summed E-state index contributed by atoms with van der Waals surface area (Å²) in [4.78, 5) is 29.8. The molecule has 1 aromatic heterocycles. The average Bonchev–Trinajstić information content (AvgIpc) is 3.15. The van der Waals surface area contributed by atoms with E-state index in [4.69, 9.17) is 4.74 Å². The van der Waals surface area contributed by atoms with Gasteiger partial charge in [-0.15, -0.1) is 0 Å². The van der Waals surface area contributed by atoms with E-state index in [1.54, 1.807) is 43.3 Å². The summed E-state index contributed by atoms with van der Waals surface area (Å²) in [6.45, 7) is -1.35. The molecular formula is C26H25F3N4O4. The molecule has 1 aliphatic rings. The van der Waals surface area contributed by atoms with Crippen molar-refractivity contribution < 1.29 is 27.6 Å². The number of nitro groups is 1. The van der Waals surface area contributed by atoms with Crippen LogP contribution in [0.3, 0.4) is 0 Å². The van der Waals surface area contributed by atoms with Crippen molar-refractivity contribution >= 4 is 17.3 Å². The molecule has 1 heterocycles. The predicted octanol–water partition coefficient (Wildman–Crippen LogP) is 4.86. The summed E-state index contributed by atoms with van der Waals surface area (Å²) >= 11 is 0. The van der Waals surface area contributed by atoms with E-state index < -0.39 is 29.0 Å². The van der Waals surface area contributed by atoms with Crippen molar-refractivity contribution in [2.45, 2.75) is 24.4 Å². The van der Waals surface area contributed by atoms with Gasteiger partial charge in [-0.1, -0.05) is 48.5 Å². The number of nitrogens with zero attached hydrogens (tertiary/aromatic N) is 3. The molecule has 0 spiro atoms. The van der Waals surface area contributed by atoms with Gasteiger partial charge in [0.05, 0.1) is 11.5 Å². The first-order chi connectivity index (χ1) is 17.5. The maximum Gasteiger partial charge on any atom is 0.405 e. The van der Waals surface area contributed by atoms with Crippen LogP contribution in [-0.4, -0.2) is 49.2 Å². The van der Waals surface area contributed by atoms with E-state index in [2.05, 4.69) is 10.3 Å². The van der Waals surface area contributed by atoms with E-state index in [-0.39, 0.29) is 24.6 Å². The molecule has 4 rings (SSSR count). The molecule has 11 heteroatoms. The molecule has 8 nitrogen and oxygen atoms in total. The van der Waals surface area contributed by atoms with Crippen LogP contribution >= 0.6 is 0 Å². The number of pyridine rings is 1. The highest BCUT2D eigenvalue weighted by Crippen LogP contribution is 2.51. The number of aromatic nitrogens is 1. The van der Waals surface area contributed by atoms with E-state index in [0.29, 0.717) is 23.2 Å². The van der Waals surface area contributed by atoms with Crippen LogP contribution < -0.4 is 15.0 Å². The van der Waals surface area contributed by atoms with Crippen molar-refractivity contribution in [3.63, 3.8) is 0 Å². The van der Waals surface area contributed by atoms with E-state index in [9.17, 15) is 28.1 Å². The number of hydrogen-bond acceptors (Lipinski definition) is 6. The Hall–Kier alpha value is -4.15. The van der Waals surface area contributed by atoms with Crippen molar-refractivity contribution in [1.82, 2.24) is 10.3 Å². The van der Waals surface area contributed by atoms with Crippen molar-refractivity contribution in [2.75, 3.05) is 32.1 Å². The lowest BCUT2D eigenvalue weighted by atomic mass is 9.73. The van der Waals surface area contributed by atoms with Crippen LogP contribution in [0.1, 0.15) is 24.0 Å². The third-order valence-electron chi connectivity index (χ3n) is 6.35. The van der Waals surface area contributed by atoms with E-state index in [0.717, 1.165) is 17.3 Å². The quantitative estimate of drug-likeness (QED) is 0.249. The second-order valence-electron chi connectivity index (χ2n) is 8.92. The minimum Gasteiger partial charge on any atom is -0.476 e. The number of amides is 1. The van der Waals surface area contributed by atoms with Crippen molar-refractivity contribution in [3.05, 3.63) is 82.0 Å². The summed E-state index contributed by atoms with van der Waals surface area (Å²) in [5.74, 6) is -0.553. The third-order valence-corrected chi connectivity index (χ3v) is 6.35. The standard InChI is InChI=1S/C26H25F3N4O4/c1-32(2)22-14-17(33(35)36)15-30-23(22)37-13-7-12-25(24(34)31-16-26(27,28)29)20-10-5-3-8-18(20)19-9-4-6-11-21(19)25/h3-6,8-11,14-15H,7,12-13,16H2,1-2H3,(H,31,34). The molecule has 0 saturated heterocycles. The van der Waals surface area contributed by atoms with Crippen molar-refractivity contribution in [2.24, 2.45) is 0 Å². The van der Waals surface area contributed by atoms with Crippen LogP contribution in [0.4, 0.5) is 24.5 Å². The number of carbonyl (C=O) groups is 1. The number of rotatable bonds is 9. The first kappa shape index (κ1) is 25.9. The highest BCUT2D eigenvalue weighted by Gasteiger charge is 2.49. The second kappa shape index (κ2) is 10.1. The van der Waals surface area contributed by atoms with Crippen LogP contribution in [0.5, 0.6) is 5.88 Å². The second-order valence-corrected chi connectivity index (χ2v) is 8.92. The summed E-state index contributed by atoms with van der Waals surface area (Å²) in [5.41, 5.74) is 1.76. The highest BCUT2D eigenvalue weighted by molar-refractivity contribution is 6.00. The van der Waals surface area contributed by atoms with E-state index in [1.165, 1.54) is 6.07 Å². The minimum atomic E-state index is -4.55. The van der Waals surface area contributed by atoms with Crippen LogP contribution in [0.25, 0.3) is 11.1 Å².